The second kappa shape index (κ2) is 6.81. The maximum Gasteiger partial charge on any atom is 0.335 e. The number of hydrogen-bond acceptors (Lipinski definition) is 6. The van der Waals surface area contributed by atoms with Gasteiger partial charge in [0, 0.05) is 44.6 Å². The lowest BCUT2D eigenvalue weighted by molar-refractivity contribution is -0.150. The lowest BCUT2D eigenvalue weighted by atomic mass is 9.83. The van der Waals surface area contributed by atoms with E-state index in [1.165, 1.54) is 4.31 Å². The van der Waals surface area contributed by atoms with E-state index in [0.29, 0.717) is 37.1 Å². The summed E-state index contributed by atoms with van der Waals surface area (Å²) in [6.45, 7) is 3.19. The van der Waals surface area contributed by atoms with Crippen molar-refractivity contribution in [2.75, 3.05) is 46.5 Å². The van der Waals surface area contributed by atoms with Crippen LogP contribution in [0, 0.1) is 0 Å². The molecule has 24 heavy (non-hydrogen) atoms. The van der Waals surface area contributed by atoms with Crippen LogP contribution in [0.1, 0.15) is 19.8 Å². The lowest BCUT2D eigenvalue weighted by Gasteiger charge is -2.38. The van der Waals surface area contributed by atoms with E-state index < -0.39 is 21.6 Å². The monoisotopic (exact) mass is 359 g/mol. The molecule has 0 aliphatic carbocycles. The Morgan fingerprint density at radius 1 is 1.33 bits per heavy atom. The van der Waals surface area contributed by atoms with Gasteiger partial charge in [0.05, 0.1) is 11.8 Å². The van der Waals surface area contributed by atoms with Gasteiger partial charge < -0.3 is 15.0 Å². The van der Waals surface area contributed by atoms with Gasteiger partial charge in [-0.1, -0.05) is 0 Å². The number of piperidine rings is 1. The highest BCUT2D eigenvalue weighted by molar-refractivity contribution is 7.88. The first-order chi connectivity index (χ1) is 11.1. The van der Waals surface area contributed by atoms with Gasteiger partial charge in [0.1, 0.15) is 5.60 Å². The molecule has 1 fully saturated rings. The molecule has 1 amide bonds. The summed E-state index contributed by atoms with van der Waals surface area (Å²) < 4.78 is 30.2. The molecule has 0 bridgehead atoms. The fourth-order valence-corrected chi connectivity index (χ4v) is 3.98. The van der Waals surface area contributed by atoms with Crippen molar-refractivity contribution in [3.63, 3.8) is 0 Å². The lowest BCUT2D eigenvalue weighted by Crippen LogP contribution is -2.50. The number of hydrogen-bond donors (Lipinski definition) is 1. The Hall–Kier alpha value is -1.45. The number of ether oxygens (including phenoxy) is 1. The zero-order chi connectivity index (χ0) is 18.1. The van der Waals surface area contributed by atoms with Crippen LogP contribution in [-0.4, -0.2) is 81.6 Å². The first-order valence-electron chi connectivity index (χ1n) is 7.89. The van der Waals surface area contributed by atoms with Gasteiger partial charge in [-0.05, 0) is 21.0 Å². The van der Waals surface area contributed by atoms with E-state index in [2.05, 4.69) is 5.32 Å². The molecule has 2 aliphatic rings. The van der Waals surface area contributed by atoms with Gasteiger partial charge in [-0.15, -0.1) is 0 Å². The number of sulfonamides is 1. The molecule has 0 aromatic heterocycles. The van der Waals surface area contributed by atoms with Gasteiger partial charge in [-0.25, -0.2) is 17.5 Å². The second-order valence-electron chi connectivity index (χ2n) is 6.61. The molecule has 1 saturated heterocycles. The molecule has 0 radical (unpaired) electrons. The number of carbonyl (C=O) groups excluding carboxylic acids is 2. The van der Waals surface area contributed by atoms with E-state index >= 15 is 0 Å². The number of esters is 1. The highest BCUT2D eigenvalue weighted by Crippen LogP contribution is 2.41. The maximum absolute atomic E-state index is 12.6. The molecular weight excluding hydrogens is 334 g/mol. The summed E-state index contributed by atoms with van der Waals surface area (Å²) in [4.78, 5) is 26.5. The third-order valence-electron chi connectivity index (χ3n) is 4.50. The standard InChI is InChI=1S/C15H25N3O5S/c1-11-12(13(19)16-7-10-17(2)3)15(23-14(11)20)5-8-18(9-6-15)24(4,21)22/h5-10H2,1-4H3,(H,16,19). The number of amides is 1. The van der Waals surface area contributed by atoms with Crippen LogP contribution < -0.4 is 5.32 Å². The Morgan fingerprint density at radius 3 is 2.42 bits per heavy atom. The number of likely N-dealkylation sites (N-methyl/N-ethyl adjacent to an activating group) is 1. The molecule has 0 atom stereocenters. The van der Waals surface area contributed by atoms with Gasteiger partial charge in [0.15, 0.2) is 0 Å². The summed E-state index contributed by atoms with van der Waals surface area (Å²) >= 11 is 0. The van der Waals surface area contributed by atoms with Crippen molar-refractivity contribution in [1.29, 1.82) is 0 Å². The molecule has 1 spiro atoms. The minimum Gasteiger partial charge on any atom is -0.450 e. The van der Waals surface area contributed by atoms with E-state index in [0.717, 1.165) is 6.26 Å². The summed E-state index contributed by atoms with van der Waals surface area (Å²) in [7, 11) is 0.518. The third kappa shape index (κ3) is 3.79. The van der Waals surface area contributed by atoms with Crippen molar-refractivity contribution in [2.24, 2.45) is 0 Å². The van der Waals surface area contributed by atoms with Crippen molar-refractivity contribution in [1.82, 2.24) is 14.5 Å². The highest BCUT2D eigenvalue weighted by atomic mass is 32.2. The average Bonchev–Trinajstić information content (AvgIpc) is 2.69. The topological polar surface area (TPSA) is 96.0 Å². The third-order valence-corrected chi connectivity index (χ3v) is 5.80. The minimum absolute atomic E-state index is 0.230. The van der Waals surface area contributed by atoms with Crippen LogP contribution in [-0.2, 0) is 24.3 Å². The van der Waals surface area contributed by atoms with Gasteiger partial charge in [0.25, 0.3) is 5.91 Å². The van der Waals surface area contributed by atoms with Crippen LogP contribution in [0.3, 0.4) is 0 Å². The smallest absolute Gasteiger partial charge is 0.335 e. The largest absolute Gasteiger partial charge is 0.450 e. The van der Waals surface area contributed by atoms with Crippen LogP contribution in [0.25, 0.3) is 0 Å². The number of nitrogens with one attached hydrogen (secondary N) is 1. The SMILES string of the molecule is CC1=C(C(=O)NCCN(C)C)C2(CCN(S(C)(=O)=O)CC2)OC1=O. The van der Waals surface area contributed by atoms with E-state index in [1.807, 2.05) is 19.0 Å². The van der Waals surface area contributed by atoms with E-state index in [-0.39, 0.29) is 19.0 Å². The molecule has 136 valence electrons. The summed E-state index contributed by atoms with van der Waals surface area (Å²) in [6.07, 6.45) is 1.74. The number of rotatable bonds is 5. The maximum atomic E-state index is 12.6. The van der Waals surface area contributed by atoms with E-state index in [4.69, 9.17) is 4.74 Å². The molecule has 9 heteroatoms. The Morgan fingerprint density at radius 2 is 1.92 bits per heavy atom. The molecule has 0 saturated carbocycles. The fraction of sp³-hybridized carbons (Fsp3) is 0.733. The summed E-state index contributed by atoms with van der Waals surface area (Å²) in [5, 5.41) is 2.82. The zero-order valence-electron chi connectivity index (χ0n) is 14.6. The summed E-state index contributed by atoms with van der Waals surface area (Å²) in [5.41, 5.74) is -0.352. The molecule has 1 N–H and O–H groups in total. The van der Waals surface area contributed by atoms with Crippen LogP contribution in [0.4, 0.5) is 0 Å². The molecule has 2 rings (SSSR count). The van der Waals surface area contributed by atoms with Crippen LogP contribution in [0.2, 0.25) is 0 Å². The Labute approximate surface area is 142 Å². The Kier molecular flexibility index (Phi) is 5.36. The summed E-state index contributed by atoms with van der Waals surface area (Å²) in [5.74, 6) is -0.812. The molecule has 2 aliphatic heterocycles. The van der Waals surface area contributed by atoms with Crippen molar-refractivity contribution in [2.45, 2.75) is 25.4 Å². The summed E-state index contributed by atoms with van der Waals surface area (Å²) in [6, 6.07) is 0. The molecule has 0 unspecified atom stereocenters. The Bertz CT molecular complexity index is 661. The average molecular weight is 359 g/mol. The van der Waals surface area contributed by atoms with Gasteiger partial charge in [-0.2, -0.15) is 0 Å². The van der Waals surface area contributed by atoms with Crippen LogP contribution >= 0.6 is 0 Å². The predicted octanol–water partition coefficient (Wildman–Crippen LogP) is -0.668. The molecular formula is C15H25N3O5S. The first kappa shape index (κ1) is 18.9. The highest BCUT2D eigenvalue weighted by Gasteiger charge is 2.51. The minimum atomic E-state index is -3.29. The predicted molar refractivity (Wildman–Crippen MR) is 88.7 cm³/mol. The zero-order valence-corrected chi connectivity index (χ0v) is 15.4. The normalized spacial score (nSPS) is 21.5. The van der Waals surface area contributed by atoms with Gasteiger partial charge in [0.2, 0.25) is 10.0 Å². The number of carbonyl (C=O) groups is 2. The van der Waals surface area contributed by atoms with E-state index in [9.17, 15) is 18.0 Å². The fourth-order valence-electron chi connectivity index (χ4n) is 3.14. The van der Waals surface area contributed by atoms with E-state index in [1.54, 1.807) is 6.92 Å². The Balaban J connectivity index is 2.16. The molecule has 8 nitrogen and oxygen atoms in total. The van der Waals surface area contributed by atoms with Crippen molar-refractivity contribution < 1.29 is 22.7 Å². The van der Waals surface area contributed by atoms with Gasteiger partial charge in [-0.3, -0.25) is 4.79 Å². The van der Waals surface area contributed by atoms with Crippen molar-refractivity contribution in [3.8, 4) is 0 Å². The molecule has 0 aromatic rings. The molecule has 0 aromatic carbocycles. The number of nitrogens with zero attached hydrogens (tertiary/aromatic N) is 2. The quantitative estimate of drug-likeness (QED) is 0.654. The first-order valence-corrected chi connectivity index (χ1v) is 9.74. The second-order valence-corrected chi connectivity index (χ2v) is 8.59. The van der Waals surface area contributed by atoms with Crippen molar-refractivity contribution >= 4 is 21.9 Å². The molecule has 2 heterocycles. The van der Waals surface area contributed by atoms with Crippen LogP contribution in [0.15, 0.2) is 11.1 Å². The van der Waals surface area contributed by atoms with Crippen LogP contribution in [0.5, 0.6) is 0 Å². The van der Waals surface area contributed by atoms with Gasteiger partial charge >= 0.3 is 5.97 Å². The van der Waals surface area contributed by atoms with Crippen molar-refractivity contribution in [3.05, 3.63) is 11.1 Å².